The predicted molar refractivity (Wildman–Crippen MR) is 51.0 cm³/mol. The number of amides is 1. The molecular weight excluding hydrogens is 470 g/mol. The van der Waals surface area contributed by atoms with Crippen molar-refractivity contribution in [3.8, 4) is 0 Å². The first-order valence-electron chi connectivity index (χ1n) is 4.26. The number of rotatable bonds is 5. The first-order valence-corrected chi connectivity index (χ1v) is 5.35. The molecule has 0 spiro atoms. The molecule has 0 saturated carbocycles. The number of nitrogens with two attached hydrogens (primary N) is 2. The smallest absolute Gasteiger partial charge is 0.792 e. The van der Waals surface area contributed by atoms with E-state index in [-0.39, 0.29) is 21.1 Å². The maximum Gasteiger partial charge on any atom is 2.00 e. The van der Waals surface area contributed by atoms with E-state index in [2.05, 4.69) is 5.73 Å². The van der Waals surface area contributed by atoms with Crippen molar-refractivity contribution in [2.24, 2.45) is 11.5 Å². The molecule has 0 aliphatic rings. The SMILES string of the molecule is NC(=O)[C@](N)(O)[C@@H](O)[C@H](O)[C@H](O)CO.O=[P]([O-])[O-].[Pt+2]. The van der Waals surface area contributed by atoms with Crippen LogP contribution in [0.15, 0.2) is 0 Å². The number of primary amides is 1. The van der Waals surface area contributed by atoms with Crippen LogP contribution in [0.2, 0.25) is 0 Å². The Kier molecular flexibility index (Phi) is 13.5. The number of carbonyl (C=O) groups excluding carboxylic acids is 1. The monoisotopic (exact) mass is 484 g/mol. The molecule has 0 rings (SSSR count). The van der Waals surface area contributed by atoms with Crippen molar-refractivity contribution in [2.75, 3.05) is 6.61 Å². The zero-order valence-corrected chi connectivity index (χ0v) is 12.4. The summed E-state index contributed by atoms with van der Waals surface area (Å²) in [5, 5.41) is 44.5. The van der Waals surface area contributed by atoms with Crippen LogP contribution >= 0.6 is 8.25 Å². The van der Waals surface area contributed by atoms with E-state index in [4.69, 9.17) is 45.6 Å². The van der Waals surface area contributed by atoms with Gasteiger partial charge in [-0.25, -0.2) is 0 Å². The van der Waals surface area contributed by atoms with Crippen LogP contribution in [0.25, 0.3) is 0 Å². The Labute approximate surface area is 122 Å². The molecule has 0 aromatic heterocycles. The minimum absolute atomic E-state index is 0. The number of aliphatic hydroxyl groups excluding tert-OH is 4. The largest absolute Gasteiger partial charge is 2.00 e. The van der Waals surface area contributed by atoms with Gasteiger partial charge in [-0.05, 0) is 0 Å². The molecule has 4 atom stereocenters. The van der Waals surface area contributed by atoms with Gasteiger partial charge in [-0.1, -0.05) is 8.25 Å². The number of aliphatic hydroxyl groups is 5. The average Bonchev–Trinajstić information content (AvgIpc) is 2.24. The Balaban J connectivity index is -0.000000448. The summed E-state index contributed by atoms with van der Waals surface area (Å²) in [7, 11) is -3.37. The zero-order chi connectivity index (χ0) is 15.1. The van der Waals surface area contributed by atoms with Crippen LogP contribution < -0.4 is 21.3 Å². The molecule has 0 aliphatic heterocycles. The summed E-state index contributed by atoms with van der Waals surface area (Å²) < 4.78 is 8.48. The first kappa shape index (κ1) is 24.0. The normalized spacial score (nSPS) is 17.7. The molecule has 1 amide bonds. The van der Waals surface area contributed by atoms with Gasteiger partial charge in [-0.2, -0.15) is 0 Å². The van der Waals surface area contributed by atoms with Crippen LogP contribution in [0.1, 0.15) is 0 Å². The first-order chi connectivity index (χ1) is 7.98. The van der Waals surface area contributed by atoms with E-state index in [1.54, 1.807) is 0 Å². The third kappa shape index (κ3) is 9.47. The van der Waals surface area contributed by atoms with E-state index >= 15 is 0 Å². The second-order valence-electron chi connectivity index (χ2n) is 3.10. The molecule has 11 nitrogen and oxygen atoms in total. The Morgan fingerprint density at radius 1 is 1.32 bits per heavy atom. The third-order valence-corrected chi connectivity index (χ3v) is 1.75. The van der Waals surface area contributed by atoms with Crippen LogP contribution in [0.5, 0.6) is 0 Å². The number of carbonyl (C=O) groups is 1. The van der Waals surface area contributed by atoms with Crippen molar-refractivity contribution in [3.63, 3.8) is 0 Å². The van der Waals surface area contributed by atoms with Crippen molar-refractivity contribution in [1.29, 1.82) is 0 Å². The summed E-state index contributed by atoms with van der Waals surface area (Å²) in [5.41, 5.74) is 6.63. The van der Waals surface area contributed by atoms with Crippen LogP contribution in [-0.4, -0.2) is 62.1 Å². The maximum atomic E-state index is 10.5. The molecule has 13 heteroatoms. The Hall–Kier alpha value is -0.0617. The summed E-state index contributed by atoms with van der Waals surface area (Å²) in [6, 6.07) is 0. The predicted octanol–water partition coefficient (Wildman–Crippen LogP) is -6.44. The summed E-state index contributed by atoms with van der Waals surface area (Å²) in [4.78, 5) is 27.5. The van der Waals surface area contributed by atoms with E-state index in [1.807, 2.05) is 0 Å². The molecule has 0 saturated heterocycles. The van der Waals surface area contributed by atoms with Gasteiger partial charge in [0, 0.05) is 0 Å². The van der Waals surface area contributed by atoms with Crippen molar-refractivity contribution >= 4 is 14.2 Å². The second-order valence-corrected chi connectivity index (χ2v) is 3.55. The fourth-order valence-corrected chi connectivity index (χ4v) is 0.725. The van der Waals surface area contributed by atoms with Crippen LogP contribution in [0, 0.1) is 0 Å². The van der Waals surface area contributed by atoms with E-state index < -0.39 is 44.8 Å². The van der Waals surface area contributed by atoms with E-state index in [9.17, 15) is 4.79 Å². The van der Waals surface area contributed by atoms with Crippen molar-refractivity contribution < 1.29 is 65.7 Å². The molecule has 0 aliphatic carbocycles. The number of hydrogen-bond donors (Lipinski definition) is 7. The quantitative estimate of drug-likeness (QED) is 0.144. The van der Waals surface area contributed by atoms with Gasteiger partial charge in [-0.3, -0.25) is 10.5 Å². The average molecular weight is 484 g/mol. The zero-order valence-electron chi connectivity index (χ0n) is 9.23. The van der Waals surface area contributed by atoms with Gasteiger partial charge in [0.25, 0.3) is 5.91 Å². The molecule has 9 N–H and O–H groups in total. The minimum Gasteiger partial charge on any atom is -0.792 e. The topological polar surface area (TPSA) is 233 Å². The van der Waals surface area contributed by atoms with Gasteiger partial charge in [0.05, 0.1) is 6.61 Å². The Morgan fingerprint density at radius 3 is 1.84 bits per heavy atom. The van der Waals surface area contributed by atoms with Crippen molar-refractivity contribution in [1.82, 2.24) is 0 Å². The van der Waals surface area contributed by atoms with Gasteiger partial charge in [0.1, 0.15) is 18.3 Å². The molecule has 0 fully saturated rings. The molecule has 0 aromatic rings. The number of hydrogen-bond acceptors (Lipinski definition) is 10. The van der Waals surface area contributed by atoms with Crippen molar-refractivity contribution in [3.05, 3.63) is 0 Å². The maximum absolute atomic E-state index is 10.5. The summed E-state index contributed by atoms with van der Waals surface area (Å²) >= 11 is 0. The fourth-order valence-electron chi connectivity index (χ4n) is 0.725. The van der Waals surface area contributed by atoms with E-state index in [0.717, 1.165) is 0 Å². The second kappa shape index (κ2) is 10.7. The van der Waals surface area contributed by atoms with E-state index in [1.165, 1.54) is 0 Å². The van der Waals surface area contributed by atoms with E-state index in [0.29, 0.717) is 0 Å². The van der Waals surface area contributed by atoms with Crippen LogP contribution in [0.3, 0.4) is 0 Å². The van der Waals surface area contributed by atoms with Crippen LogP contribution in [-0.2, 0) is 30.4 Å². The van der Waals surface area contributed by atoms with Gasteiger partial charge in [0.15, 0.2) is 0 Å². The molecule has 0 unspecified atom stereocenters. The fraction of sp³-hybridized carbons (Fsp3) is 0.833. The minimum atomic E-state index is -3.37. The molecule has 0 heterocycles. The Bertz CT molecular complexity index is 288. The standard InChI is InChI=1S/C6H14N2O6.O3P.Pt/c7-5(13)6(8,14)4(12)3(11)2(10)1-9;1-4(2)3;/h2-4,9-12,14H,1,8H2,(H2,7,13);;/q;-2;+2/t2-,3-,4+,6-;;/m1../s1. The molecule has 0 bridgehead atoms. The Morgan fingerprint density at radius 2 is 1.63 bits per heavy atom. The molecule has 117 valence electrons. The molecule has 0 aromatic carbocycles. The third-order valence-electron chi connectivity index (χ3n) is 1.75. The molecular formula is C6H14N2O9PPt. The van der Waals surface area contributed by atoms with Gasteiger partial charge in [0.2, 0.25) is 5.72 Å². The summed E-state index contributed by atoms with van der Waals surface area (Å²) in [6.07, 6.45) is -5.91. The summed E-state index contributed by atoms with van der Waals surface area (Å²) in [5.74, 6) is -1.46. The molecule has 1 radical (unpaired) electrons. The molecule has 19 heavy (non-hydrogen) atoms. The van der Waals surface area contributed by atoms with Crippen molar-refractivity contribution in [2.45, 2.75) is 24.0 Å². The summed E-state index contributed by atoms with van der Waals surface area (Å²) in [6.45, 7) is -0.868. The van der Waals surface area contributed by atoms with Gasteiger partial charge >= 0.3 is 21.1 Å². The van der Waals surface area contributed by atoms with Gasteiger partial charge in [-0.15, -0.1) is 0 Å². The van der Waals surface area contributed by atoms with Gasteiger partial charge < -0.3 is 45.6 Å². The van der Waals surface area contributed by atoms with Crippen LogP contribution in [0.4, 0.5) is 0 Å².